The van der Waals surface area contributed by atoms with Crippen LogP contribution in [0.1, 0.15) is 12.8 Å². The standard InChI is InChI=1S/C8H10O5.H2O/c9-7(10)5-3-1-2-4(13-3)6(5)8(11)12;/h3-6H,1-2H2,(H,9,10)(H,11,12);1H2. The van der Waals surface area contributed by atoms with Crippen molar-refractivity contribution in [3.8, 4) is 0 Å². The second-order valence-electron chi connectivity index (χ2n) is 3.52. The number of hydrogen-bond donors (Lipinski definition) is 2. The van der Waals surface area contributed by atoms with Crippen molar-refractivity contribution in [1.82, 2.24) is 0 Å². The molecular weight excluding hydrogens is 192 g/mol. The van der Waals surface area contributed by atoms with Crippen LogP contribution in [-0.2, 0) is 14.3 Å². The largest absolute Gasteiger partial charge is 0.481 e. The van der Waals surface area contributed by atoms with Gasteiger partial charge in [-0.25, -0.2) is 0 Å². The van der Waals surface area contributed by atoms with Crippen molar-refractivity contribution in [2.24, 2.45) is 11.8 Å². The Bertz CT molecular complexity index is 237. The molecule has 0 aromatic rings. The average Bonchev–Trinajstić information content (AvgIpc) is 2.60. The maximum absolute atomic E-state index is 10.8. The highest BCUT2D eigenvalue weighted by Crippen LogP contribution is 2.43. The Hall–Kier alpha value is -1.14. The van der Waals surface area contributed by atoms with Gasteiger partial charge in [-0.05, 0) is 12.8 Å². The third-order valence-corrected chi connectivity index (χ3v) is 2.84. The van der Waals surface area contributed by atoms with Crippen LogP contribution in [-0.4, -0.2) is 39.8 Å². The maximum Gasteiger partial charge on any atom is 0.310 e. The van der Waals surface area contributed by atoms with E-state index in [4.69, 9.17) is 14.9 Å². The molecule has 2 fully saturated rings. The monoisotopic (exact) mass is 204 g/mol. The molecule has 2 aliphatic heterocycles. The number of ether oxygens (including phenoxy) is 1. The SMILES string of the molecule is O.O=C(O)C1C2CCC(O2)C1C(=O)O. The number of fused-ring (bicyclic) bond motifs is 2. The van der Waals surface area contributed by atoms with Crippen molar-refractivity contribution in [2.45, 2.75) is 25.0 Å². The third kappa shape index (κ3) is 1.36. The Kier molecular flexibility index (Phi) is 2.77. The molecule has 14 heavy (non-hydrogen) atoms. The molecule has 6 nitrogen and oxygen atoms in total. The van der Waals surface area contributed by atoms with Crippen LogP contribution >= 0.6 is 0 Å². The van der Waals surface area contributed by atoms with E-state index in [0.717, 1.165) is 0 Å². The minimum Gasteiger partial charge on any atom is -0.481 e. The molecule has 4 atom stereocenters. The highest BCUT2D eigenvalue weighted by atomic mass is 16.5. The van der Waals surface area contributed by atoms with E-state index < -0.39 is 23.8 Å². The van der Waals surface area contributed by atoms with Crippen LogP contribution in [0.4, 0.5) is 0 Å². The van der Waals surface area contributed by atoms with Crippen LogP contribution in [0.25, 0.3) is 0 Å². The summed E-state index contributed by atoms with van der Waals surface area (Å²) in [4.78, 5) is 21.5. The first-order valence-corrected chi connectivity index (χ1v) is 4.22. The Morgan fingerprint density at radius 2 is 1.36 bits per heavy atom. The van der Waals surface area contributed by atoms with Gasteiger partial charge in [0.05, 0.1) is 24.0 Å². The van der Waals surface area contributed by atoms with Gasteiger partial charge in [-0.1, -0.05) is 0 Å². The second kappa shape index (κ2) is 3.55. The van der Waals surface area contributed by atoms with Crippen molar-refractivity contribution in [3.05, 3.63) is 0 Å². The van der Waals surface area contributed by atoms with Crippen LogP contribution in [0.15, 0.2) is 0 Å². The molecule has 2 aliphatic rings. The van der Waals surface area contributed by atoms with Crippen LogP contribution in [0.3, 0.4) is 0 Å². The number of carboxylic acid groups (broad SMARTS) is 2. The lowest BCUT2D eigenvalue weighted by Gasteiger charge is -2.20. The van der Waals surface area contributed by atoms with E-state index in [9.17, 15) is 9.59 Å². The van der Waals surface area contributed by atoms with Crippen LogP contribution in [0.5, 0.6) is 0 Å². The molecule has 4 N–H and O–H groups in total. The summed E-state index contributed by atoms with van der Waals surface area (Å²) in [6.45, 7) is 0. The van der Waals surface area contributed by atoms with Gasteiger partial charge in [0.1, 0.15) is 0 Å². The number of carbonyl (C=O) groups is 2. The summed E-state index contributed by atoms with van der Waals surface area (Å²) in [7, 11) is 0. The lowest BCUT2D eigenvalue weighted by molar-refractivity contribution is -0.154. The molecule has 2 saturated heterocycles. The summed E-state index contributed by atoms with van der Waals surface area (Å²) in [5.74, 6) is -3.81. The van der Waals surface area contributed by atoms with Gasteiger partial charge in [0.25, 0.3) is 0 Å². The van der Waals surface area contributed by atoms with Crippen LogP contribution in [0.2, 0.25) is 0 Å². The van der Waals surface area contributed by atoms with E-state index in [1.165, 1.54) is 0 Å². The van der Waals surface area contributed by atoms with Gasteiger partial charge >= 0.3 is 11.9 Å². The second-order valence-corrected chi connectivity index (χ2v) is 3.52. The molecule has 0 saturated carbocycles. The quantitative estimate of drug-likeness (QED) is 0.606. The van der Waals surface area contributed by atoms with Crippen molar-refractivity contribution in [3.63, 3.8) is 0 Å². The molecule has 0 aromatic heterocycles. The highest BCUT2D eigenvalue weighted by Gasteiger charge is 2.55. The van der Waals surface area contributed by atoms with Gasteiger partial charge in [-0.15, -0.1) is 0 Å². The zero-order chi connectivity index (χ0) is 9.59. The van der Waals surface area contributed by atoms with E-state index in [1.54, 1.807) is 0 Å². The van der Waals surface area contributed by atoms with Crippen LogP contribution < -0.4 is 0 Å². The van der Waals surface area contributed by atoms with Crippen molar-refractivity contribution < 1.29 is 30.0 Å². The zero-order valence-electron chi connectivity index (χ0n) is 7.34. The molecular formula is C8H12O6. The van der Waals surface area contributed by atoms with Crippen molar-refractivity contribution in [2.75, 3.05) is 0 Å². The number of rotatable bonds is 2. The molecule has 0 spiro atoms. The number of aliphatic carboxylic acids is 2. The van der Waals surface area contributed by atoms with E-state index in [1.807, 2.05) is 0 Å². The molecule has 0 radical (unpaired) electrons. The first-order valence-electron chi connectivity index (χ1n) is 4.22. The molecule has 2 rings (SSSR count). The maximum atomic E-state index is 10.8. The lowest BCUT2D eigenvalue weighted by atomic mass is 9.79. The zero-order valence-corrected chi connectivity index (χ0v) is 7.34. The topological polar surface area (TPSA) is 115 Å². The summed E-state index contributed by atoms with van der Waals surface area (Å²) in [6.07, 6.45) is 0.573. The summed E-state index contributed by atoms with van der Waals surface area (Å²) in [5, 5.41) is 17.6. The van der Waals surface area contributed by atoms with E-state index >= 15 is 0 Å². The lowest BCUT2D eigenvalue weighted by Crippen LogP contribution is -2.38. The predicted octanol–water partition coefficient (Wildman–Crippen LogP) is -0.876. The fourth-order valence-corrected chi connectivity index (χ4v) is 2.31. The van der Waals surface area contributed by atoms with E-state index in [-0.39, 0.29) is 17.7 Å². The Balaban J connectivity index is 0.000000980. The Morgan fingerprint density at radius 1 is 1.00 bits per heavy atom. The first-order chi connectivity index (χ1) is 6.11. The van der Waals surface area contributed by atoms with E-state index in [2.05, 4.69) is 0 Å². The van der Waals surface area contributed by atoms with Crippen LogP contribution in [0, 0.1) is 11.8 Å². The molecule has 80 valence electrons. The minimum atomic E-state index is -1.06. The van der Waals surface area contributed by atoms with Gasteiger partial charge < -0.3 is 20.4 Å². The van der Waals surface area contributed by atoms with Gasteiger partial charge in [0, 0.05) is 0 Å². The smallest absolute Gasteiger partial charge is 0.310 e. The highest BCUT2D eigenvalue weighted by molar-refractivity contribution is 5.82. The number of carboxylic acids is 2. The summed E-state index contributed by atoms with van der Waals surface area (Å²) in [6, 6.07) is 0. The molecule has 6 heteroatoms. The van der Waals surface area contributed by atoms with E-state index in [0.29, 0.717) is 12.8 Å². The first kappa shape index (κ1) is 10.9. The van der Waals surface area contributed by atoms with Gasteiger partial charge in [0.15, 0.2) is 0 Å². The summed E-state index contributed by atoms with van der Waals surface area (Å²) >= 11 is 0. The molecule has 0 aromatic carbocycles. The minimum absolute atomic E-state index is 0. The average molecular weight is 204 g/mol. The normalized spacial score (nSPS) is 39.1. The molecule has 4 unspecified atom stereocenters. The van der Waals surface area contributed by atoms with Gasteiger partial charge in [-0.2, -0.15) is 0 Å². The molecule has 2 heterocycles. The summed E-state index contributed by atoms with van der Waals surface area (Å²) < 4.78 is 5.26. The molecule has 0 amide bonds. The Labute approximate surface area is 79.8 Å². The number of hydrogen-bond acceptors (Lipinski definition) is 3. The van der Waals surface area contributed by atoms with Gasteiger partial charge in [0.2, 0.25) is 0 Å². The fourth-order valence-electron chi connectivity index (χ4n) is 2.31. The summed E-state index contributed by atoms with van der Waals surface area (Å²) in [5.41, 5.74) is 0. The van der Waals surface area contributed by atoms with Crippen molar-refractivity contribution in [1.29, 1.82) is 0 Å². The fraction of sp³-hybridized carbons (Fsp3) is 0.750. The molecule has 2 bridgehead atoms. The predicted molar refractivity (Wildman–Crippen MR) is 43.8 cm³/mol. The van der Waals surface area contributed by atoms with Gasteiger partial charge in [-0.3, -0.25) is 9.59 Å². The Morgan fingerprint density at radius 3 is 1.64 bits per heavy atom. The third-order valence-electron chi connectivity index (χ3n) is 2.84. The molecule has 0 aliphatic carbocycles. The van der Waals surface area contributed by atoms with Crippen molar-refractivity contribution >= 4 is 11.9 Å².